The van der Waals surface area contributed by atoms with Gasteiger partial charge in [-0.1, -0.05) is 18.0 Å². The lowest BCUT2D eigenvalue weighted by atomic mass is 10.1. The van der Waals surface area contributed by atoms with E-state index in [2.05, 4.69) is 22.4 Å². The maximum atomic E-state index is 5.52. The Morgan fingerprint density at radius 3 is 3.11 bits per heavy atom. The maximum Gasteiger partial charge on any atom is 0.242 e. The number of thioether (sulfide) groups is 1. The number of nitrogens with zero attached hydrogens (tertiary/aromatic N) is 2. The second-order valence-electron chi connectivity index (χ2n) is 5.50. The van der Waals surface area contributed by atoms with Gasteiger partial charge in [-0.3, -0.25) is 0 Å². The lowest BCUT2D eigenvalue weighted by molar-refractivity contribution is 0.335. The molecular formula is C13H21N3OS. The summed E-state index contributed by atoms with van der Waals surface area (Å²) >= 11 is 1.95. The Balaban J connectivity index is 1.76. The molecule has 100 valence electrons. The Labute approximate surface area is 112 Å². The van der Waals surface area contributed by atoms with Gasteiger partial charge in [-0.25, -0.2) is 0 Å². The number of aromatic nitrogens is 2. The van der Waals surface area contributed by atoms with Crippen LogP contribution in [0.3, 0.4) is 0 Å². The van der Waals surface area contributed by atoms with Crippen LogP contribution in [0.4, 0.5) is 0 Å². The molecule has 2 atom stereocenters. The molecule has 0 radical (unpaired) electrons. The average molecular weight is 267 g/mol. The van der Waals surface area contributed by atoms with E-state index in [0.717, 1.165) is 31.1 Å². The van der Waals surface area contributed by atoms with Crippen LogP contribution in [-0.2, 0) is 4.75 Å². The first-order valence-electron chi connectivity index (χ1n) is 6.99. The van der Waals surface area contributed by atoms with Crippen LogP contribution >= 0.6 is 11.8 Å². The first-order valence-corrected chi connectivity index (χ1v) is 7.98. The minimum absolute atomic E-state index is 0.0516. The summed E-state index contributed by atoms with van der Waals surface area (Å²) in [5.41, 5.74) is 0. The summed E-state index contributed by atoms with van der Waals surface area (Å²) < 4.78 is 5.58. The highest BCUT2D eigenvalue weighted by Crippen LogP contribution is 2.45. The summed E-state index contributed by atoms with van der Waals surface area (Å²) in [7, 11) is 0. The Hall–Kier alpha value is -0.550. The molecule has 2 saturated heterocycles. The topological polar surface area (TPSA) is 51.0 Å². The lowest BCUT2D eigenvalue weighted by Gasteiger charge is -2.16. The van der Waals surface area contributed by atoms with E-state index >= 15 is 0 Å². The first kappa shape index (κ1) is 12.5. The fourth-order valence-electron chi connectivity index (χ4n) is 2.79. The van der Waals surface area contributed by atoms with Crippen LogP contribution in [0.5, 0.6) is 0 Å². The normalized spacial score (nSPS) is 33.5. The Kier molecular flexibility index (Phi) is 3.61. The van der Waals surface area contributed by atoms with Crippen molar-refractivity contribution in [2.24, 2.45) is 0 Å². The largest absolute Gasteiger partial charge is 0.338 e. The van der Waals surface area contributed by atoms with Crippen molar-refractivity contribution in [1.82, 2.24) is 15.5 Å². The molecular weight excluding hydrogens is 246 g/mol. The van der Waals surface area contributed by atoms with Crippen molar-refractivity contribution in [2.45, 2.75) is 56.2 Å². The molecule has 4 nitrogen and oxygen atoms in total. The highest BCUT2D eigenvalue weighted by Gasteiger charge is 2.37. The van der Waals surface area contributed by atoms with Crippen LogP contribution in [0.15, 0.2) is 4.52 Å². The van der Waals surface area contributed by atoms with Gasteiger partial charge in [0, 0.05) is 0 Å². The van der Waals surface area contributed by atoms with Crippen LogP contribution < -0.4 is 5.32 Å². The Bertz CT molecular complexity index is 393. The summed E-state index contributed by atoms with van der Waals surface area (Å²) in [4.78, 5) is 4.67. The first-order chi connectivity index (χ1) is 8.78. The van der Waals surface area contributed by atoms with Gasteiger partial charge >= 0.3 is 0 Å². The Morgan fingerprint density at radius 1 is 1.33 bits per heavy atom. The summed E-state index contributed by atoms with van der Waals surface area (Å²) in [5, 5.41) is 7.73. The van der Waals surface area contributed by atoms with Gasteiger partial charge in [0.1, 0.15) is 0 Å². The van der Waals surface area contributed by atoms with Crippen molar-refractivity contribution in [3.8, 4) is 0 Å². The summed E-state index contributed by atoms with van der Waals surface area (Å²) in [6.45, 7) is 3.29. The van der Waals surface area contributed by atoms with E-state index < -0.39 is 0 Å². The van der Waals surface area contributed by atoms with Crippen molar-refractivity contribution in [2.75, 3.05) is 12.3 Å². The minimum Gasteiger partial charge on any atom is -0.338 e. The van der Waals surface area contributed by atoms with Gasteiger partial charge in [0.2, 0.25) is 5.89 Å². The number of rotatable bonds is 2. The van der Waals surface area contributed by atoms with E-state index in [0.29, 0.717) is 6.04 Å². The summed E-state index contributed by atoms with van der Waals surface area (Å²) in [6.07, 6.45) is 7.35. The molecule has 0 saturated carbocycles. The van der Waals surface area contributed by atoms with Crippen LogP contribution in [0, 0.1) is 0 Å². The van der Waals surface area contributed by atoms with Gasteiger partial charge in [-0.15, -0.1) is 11.8 Å². The molecule has 1 N–H and O–H groups in total. The molecule has 2 unspecified atom stereocenters. The van der Waals surface area contributed by atoms with Gasteiger partial charge in [-0.2, -0.15) is 4.98 Å². The van der Waals surface area contributed by atoms with Crippen molar-refractivity contribution in [3.63, 3.8) is 0 Å². The van der Waals surface area contributed by atoms with Gasteiger partial charge in [0.05, 0.1) is 10.8 Å². The number of nitrogens with one attached hydrogen (secondary N) is 1. The SMILES string of the molecule is CC1(c2nc(C3CCCCCN3)no2)CCCS1. The van der Waals surface area contributed by atoms with Crippen molar-refractivity contribution < 1.29 is 4.52 Å². The lowest BCUT2D eigenvalue weighted by Crippen LogP contribution is -2.21. The van der Waals surface area contributed by atoms with E-state index in [1.54, 1.807) is 0 Å². The molecule has 0 aliphatic carbocycles. The molecule has 3 heterocycles. The molecule has 1 aromatic rings. The van der Waals surface area contributed by atoms with Crippen LogP contribution in [-0.4, -0.2) is 22.4 Å². The van der Waals surface area contributed by atoms with Crippen LogP contribution in [0.25, 0.3) is 0 Å². The zero-order chi connectivity index (χ0) is 12.4. The van der Waals surface area contributed by atoms with Crippen molar-refractivity contribution in [1.29, 1.82) is 0 Å². The molecule has 18 heavy (non-hydrogen) atoms. The standard InChI is InChI=1S/C13H21N3OS/c1-13(7-5-9-18-13)12-15-11(16-17-12)10-6-3-2-4-8-14-10/h10,14H,2-9H2,1H3. The van der Waals surface area contributed by atoms with E-state index in [-0.39, 0.29) is 4.75 Å². The predicted octanol–water partition coefficient (Wildman–Crippen LogP) is 3.02. The van der Waals surface area contributed by atoms with E-state index in [1.807, 2.05) is 11.8 Å². The molecule has 2 aliphatic rings. The van der Waals surface area contributed by atoms with Crippen molar-refractivity contribution in [3.05, 3.63) is 11.7 Å². The zero-order valence-corrected chi connectivity index (χ0v) is 11.8. The van der Waals surface area contributed by atoms with Crippen LogP contribution in [0.2, 0.25) is 0 Å². The smallest absolute Gasteiger partial charge is 0.242 e. The van der Waals surface area contributed by atoms with Crippen molar-refractivity contribution >= 4 is 11.8 Å². The third kappa shape index (κ3) is 2.43. The second kappa shape index (κ2) is 5.21. The summed E-state index contributed by atoms with van der Waals surface area (Å²) in [5.74, 6) is 2.89. The number of hydrogen-bond acceptors (Lipinski definition) is 5. The fourth-order valence-corrected chi connectivity index (χ4v) is 4.02. The monoisotopic (exact) mass is 267 g/mol. The van der Waals surface area contributed by atoms with Gasteiger partial charge in [0.25, 0.3) is 0 Å². The zero-order valence-electron chi connectivity index (χ0n) is 10.9. The molecule has 1 aromatic heterocycles. The molecule has 0 aromatic carbocycles. The van der Waals surface area contributed by atoms with Gasteiger partial charge < -0.3 is 9.84 Å². The van der Waals surface area contributed by atoms with Gasteiger partial charge in [-0.05, 0) is 44.9 Å². The third-order valence-electron chi connectivity index (χ3n) is 3.98. The maximum absolute atomic E-state index is 5.52. The van der Waals surface area contributed by atoms with Crippen LogP contribution in [0.1, 0.15) is 63.2 Å². The summed E-state index contributed by atoms with van der Waals surface area (Å²) in [6, 6.07) is 0.292. The number of hydrogen-bond donors (Lipinski definition) is 1. The molecule has 2 aliphatic heterocycles. The minimum atomic E-state index is 0.0516. The molecule has 3 rings (SSSR count). The highest BCUT2D eigenvalue weighted by molar-refractivity contribution is 8.00. The Morgan fingerprint density at radius 2 is 2.28 bits per heavy atom. The average Bonchev–Trinajstić information content (AvgIpc) is 2.94. The van der Waals surface area contributed by atoms with E-state index in [1.165, 1.54) is 31.4 Å². The fraction of sp³-hybridized carbons (Fsp3) is 0.846. The third-order valence-corrected chi connectivity index (χ3v) is 5.49. The molecule has 0 spiro atoms. The second-order valence-corrected chi connectivity index (χ2v) is 7.09. The van der Waals surface area contributed by atoms with Gasteiger partial charge in [0.15, 0.2) is 5.82 Å². The molecule has 0 bridgehead atoms. The van der Waals surface area contributed by atoms with E-state index in [4.69, 9.17) is 4.52 Å². The highest BCUT2D eigenvalue weighted by atomic mass is 32.2. The van der Waals surface area contributed by atoms with E-state index in [9.17, 15) is 0 Å². The molecule has 0 amide bonds. The molecule has 2 fully saturated rings. The predicted molar refractivity (Wildman–Crippen MR) is 72.6 cm³/mol. The quantitative estimate of drug-likeness (QED) is 0.892. The molecule has 5 heteroatoms.